The normalized spacial score (nSPS) is 12.7. The zero-order valence-corrected chi connectivity index (χ0v) is 15.4. The average molecular weight is 429 g/mol. The lowest BCUT2D eigenvalue weighted by molar-refractivity contribution is -0.137. The van der Waals surface area contributed by atoms with Gasteiger partial charge in [0.1, 0.15) is 4.90 Å². The molecule has 0 unspecified atom stereocenters. The summed E-state index contributed by atoms with van der Waals surface area (Å²) in [6, 6.07) is 7.11. The Morgan fingerprint density at radius 1 is 0.923 bits per heavy atom. The maximum Gasteiger partial charge on any atom is 0.416 e. The van der Waals surface area contributed by atoms with Crippen LogP contribution in [0.25, 0.3) is 0 Å². The number of alkyl halides is 3. The van der Waals surface area contributed by atoms with E-state index in [4.69, 9.17) is 11.6 Å². The second kappa shape index (κ2) is 6.97. The number of sulfonamides is 2. The minimum atomic E-state index is -4.74. The van der Waals surface area contributed by atoms with Gasteiger partial charge in [0.25, 0.3) is 10.0 Å². The van der Waals surface area contributed by atoms with Gasteiger partial charge in [0.05, 0.1) is 28.2 Å². The molecule has 142 valence electrons. The fraction of sp³-hybridized carbons (Fsp3) is 0.143. The molecule has 0 atom stereocenters. The third-order valence-electron chi connectivity index (χ3n) is 2.97. The van der Waals surface area contributed by atoms with E-state index in [1.807, 2.05) is 0 Å². The highest BCUT2D eigenvalue weighted by atomic mass is 35.5. The number of rotatable bonds is 5. The molecular formula is C14H12ClF3N2O4S2. The summed E-state index contributed by atoms with van der Waals surface area (Å²) in [5.41, 5.74) is -1.16. The van der Waals surface area contributed by atoms with Crippen molar-refractivity contribution in [3.63, 3.8) is 0 Å². The first-order valence-electron chi connectivity index (χ1n) is 6.75. The highest BCUT2D eigenvalue weighted by Gasteiger charge is 2.32. The van der Waals surface area contributed by atoms with E-state index in [9.17, 15) is 30.0 Å². The molecule has 0 spiro atoms. The molecule has 2 aromatic rings. The molecule has 0 amide bonds. The molecule has 0 saturated carbocycles. The summed E-state index contributed by atoms with van der Waals surface area (Å²) in [5, 5.41) is -0.393. The molecule has 26 heavy (non-hydrogen) atoms. The van der Waals surface area contributed by atoms with Crippen LogP contribution in [0.3, 0.4) is 0 Å². The van der Waals surface area contributed by atoms with Crippen LogP contribution in [-0.4, -0.2) is 23.1 Å². The van der Waals surface area contributed by atoms with Crippen molar-refractivity contribution in [1.29, 1.82) is 0 Å². The Balaban J connectivity index is 2.40. The van der Waals surface area contributed by atoms with Crippen LogP contribution in [0, 0.1) is 0 Å². The number of nitrogens with one attached hydrogen (secondary N) is 2. The summed E-state index contributed by atoms with van der Waals surface area (Å²) in [6.07, 6.45) is -3.83. The van der Waals surface area contributed by atoms with Crippen molar-refractivity contribution in [3.8, 4) is 0 Å². The summed E-state index contributed by atoms with van der Waals surface area (Å²) in [6.45, 7) is 0. The first kappa shape index (κ1) is 20.3. The smallest absolute Gasteiger partial charge is 0.284 e. The van der Waals surface area contributed by atoms with Crippen LogP contribution in [0.1, 0.15) is 5.56 Å². The van der Waals surface area contributed by atoms with E-state index >= 15 is 0 Å². The zero-order chi connectivity index (χ0) is 19.8. The second-order valence-electron chi connectivity index (χ2n) is 5.20. The van der Waals surface area contributed by atoms with Gasteiger partial charge >= 0.3 is 6.18 Å². The van der Waals surface area contributed by atoms with Gasteiger partial charge in [-0.1, -0.05) is 17.7 Å². The summed E-state index contributed by atoms with van der Waals surface area (Å²) in [7, 11) is -8.04. The minimum absolute atomic E-state index is 0.0628. The van der Waals surface area contributed by atoms with Crippen molar-refractivity contribution in [1.82, 2.24) is 0 Å². The van der Waals surface area contributed by atoms with Crippen LogP contribution in [0.2, 0.25) is 5.02 Å². The Kier molecular flexibility index (Phi) is 5.45. The van der Waals surface area contributed by atoms with Gasteiger partial charge in [0.15, 0.2) is 0 Å². The van der Waals surface area contributed by atoms with E-state index in [1.165, 1.54) is 24.3 Å². The Morgan fingerprint density at radius 3 is 2.04 bits per heavy atom. The van der Waals surface area contributed by atoms with Gasteiger partial charge < -0.3 is 0 Å². The largest absolute Gasteiger partial charge is 0.416 e. The summed E-state index contributed by atoms with van der Waals surface area (Å²) in [5.74, 6) is 0. The Morgan fingerprint density at radius 2 is 1.50 bits per heavy atom. The molecule has 2 N–H and O–H groups in total. The maximum atomic E-state index is 12.8. The average Bonchev–Trinajstić information content (AvgIpc) is 2.44. The van der Waals surface area contributed by atoms with Crippen molar-refractivity contribution in [2.45, 2.75) is 11.1 Å². The molecule has 0 saturated heterocycles. The zero-order valence-electron chi connectivity index (χ0n) is 13.0. The van der Waals surface area contributed by atoms with Crippen molar-refractivity contribution in [2.24, 2.45) is 0 Å². The first-order valence-corrected chi connectivity index (χ1v) is 10.5. The Bertz CT molecular complexity index is 1040. The lowest BCUT2D eigenvalue weighted by Gasteiger charge is -2.13. The highest BCUT2D eigenvalue weighted by molar-refractivity contribution is 7.93. The van der Waals surface area contributed by atoms with Crippen LogP contribution in [0.4, 0.5) is 24.5 Å². The lowest BCUT2D eigenvalue weighted by atomic mass is 10.2. The SMILES string of the molecule is CS(=O)(=O)Nc1cccc(NS(=O)(=O)c2cc(C(F)(F)F)ccc2Cl)c1. The first-order chi connectivity index (χ1) is 11.8. The molecule has 0 radical (unpaired) electrons. The number of hydrogen-bond acceptors (Lipinski definition) is 4. The molecule has 12 heteroatoms. The molecule has 2 rings (SSSR count). The van der Waals surface area contributed by atoms with Crippen molar-refractivity contribution < 1.29 is 30.0 Å². The fourth-order valence-corrected chi connectivity index (χ4v) is 4.09. The van der Waals surface area contributed by atoms with Crippen LogP contribution >= 0.6 is 11.6 Å². The summed E-state index contributed by atoms with van der Waals surface area (Å²) in [4.78, 5) is -0.754. The van der Waals surface area contributed by atoms with Crippen molar-refractivity contribution in [2.75, 3.05) is 15.7 Å². The predicted molar refractivity (Wildman–Crippen MR) is 92.2 cm³/mol. The van der Waals surface area contributed by atoms with Gasteiger partial charge in [-0.2, -0.15) is 13.2 Å². The van der Waals surface area contributed by atoms with Gasteiger partial charge in [-0.25, -0.2) is 16.8 Å². The molecule has 0 fully saturated rings. The predicted octanol–water partition coefficient (Wildman–Crippen LogP) is 3.53. The molecule has 0 aliphatic heterocycles. The summed E-state index contributed by atoms with van der Waals surface area (Å²) >= 11 is 5.74. The van der Waals surface area contributed by atoms with Crippen LogP contribution in [0.5, 0.6) is 0 Å². The molecule has 2 aromatic carbocycles. The van der Waals surface area contributed by atoms with Gasteiger partial charge in [-0.3, -0.25) is 9.44 Å². The second-order valence-corrected chi connectivity index (χ2v) is 9.01. The number of hydrogen-bond donors (Lipinski definition) is 2. The lowest BCUT2D eigenvalue weighted by Crippen LogP contribution is -2.16. The molecule has 6 nitrogen and oxygen atoms in total. The number of halogens is 4. The van der Waals surface area contributed by atoms with Gasteiger partial charge in [-0.15, -0.1) is 0 Å². The monoisotopic (exact) mass is 428 g/mol. The third-order valence-corrected chi connectivity index (χ3v) is 5.44. The molecule has 0 bridgehead atoms. The van der Waals surface area contributed by atoms with E-state index in [0.29, 0.717) is 12.1 Å². The van der Waals surface area contributed by atoms with Gasteiger partial charge in [-0.05, 0) is 36.4 Å². The maximum absolute atomic E-state index is 12.8. The third kappa shape index (κ3) is 5.26. The molecule has 0 aliphatic rings. The Hall–Kier alpha value is -1.98. The molecule has 0 aromatic heterocycles. The van der Waals surface area contributed by atoms with Crippen LogP contribution < -0.4 is 9.44 Å². The van der Waals surface area contributed by atoms with Gasteiger partial charge in [0.2, 0.25) is 10.0 Å². The molecule has 0 aliphatic carbocycles. The molecular weight excluding hydrogens is 417 g/mol. The molecule has 0 heterocycles. The van der Waals surface area contributed by atoms with E-state index in [-0.39, 0.29) is 11.4 Å². The van der Waals surface area contributed by atoms with Gasteiger partial charge in [0, 0.05) is 0 Å². The van der Waals surface area contributed by atoms with Crippen LogP contribution in [0.15, 0.2) is 47.4 Å². The standard InChI is InChI=1S/C14H12ClF3N2O4S2/c1-25(21,22)19-10-3-2-4-11(8-10)20-26(23,24)13-7-9(14(16,17)18)5-6-12(13)15/h2-8,19-20H,1H3. The Labute approximate surface area is 153 Å². The highest BCUT2D eigenvalue weighted by Crippen LogP contribution is 2.34. The van der Waals surface area contributed by atoms with E-state index in [2.05, 4.69) is 9.44 Å². The van der Waals surface area contributed by atoms with Crippen LogP contribution in [-0.2, 0) is 26.2 Å². The van der Waals surface area contributed by atoms with E-state index in [0.717, 1.165) is 12.3 Å². The van der Waals surface area contributed by atoms with Crippen molar-refractivity contribution >= 4 is 43.0 Å². The van der Waals surface area contributed by atoms with E-state index in [1.54, 1.807) is 0 Å². The summed E-state index contributed by atoms with van der Waals surface area (Å²) < 4.78 is 89.9. The minimum Gasteiger partial charge on any atom is -0.284 e. The topological polar surface area (TPSA) is 92.3 Å². The van der Waals surface area contributed by atoms with E-state index < -0.39 is 41.7 Å². The van der Waals surface area contributed by atoms with Crippen molar-refractivity contribution in [3.05, 3.63) is 53.1 Å². The fourth-order valence-electron chi connectivity index (χ4n) is 1.96. The number of benzene rings is 2. The quantitative estimate of drug-likeness (QED) is 0.762. The number of anilines is 2.